The molecule has 6 nitrogen and oxygen atoms in total. The summed E-state index contributed by atoms with van der Waals surface area (Å²) in [5, 5.41) is 8.03. The van der Waals surface area contributed by atoms with Gasteiger partial charge in [-0.25, -0.2) is 13.1 Å². The summed E-state index contributed by atoms with van der Waals surface area (Å²) in [6, 6.07) is -1.17. The number of nitrogens with one attached hydrogen (secondary N) is 1. The lowest BCUT2D eigenvalue weighted by Gasteiger charge is -2.07. The molecule has 0 amide bonds. The summed E-state index contributed by atoms with van der Waals surface area (Å²) in [4.78, 5) is 10.2. The Balaban J connectivity index is 2.37. The Morgan fingerprint density at radius 1 is 1.62 bits per heavy atom. The van der Waals surface area contributed by atoms with Crippen molar-refractivity contribution in [2.24, 2.45) is 5.73 Å². The first-order valence-electron chi connectivity index (χ1n) is 3.90. The molecule has 1 rings (SSSR count). The van der Waals surface area contributed by atoms with Gasteiger partial charge in [-0.1, -0.05) is 0 Å². The topological polar surface area (TPSA) is 109 Å². The SMILES string of the molecule is NC(CNS(=O)(=O)C1CC1)C(=O)O. The molecular weight excluding hydrogens is 196 g/mol. The summed E-state index contributed by atoms with van der Waals surface area (Å²) in [6.07, 6.45) is 1.30. The molecule has 1 saturated carbocycles. The Labute approximate surface area is 76.2 Å². The average molecular weight is 208 g/mol. The van der Waals surface area contributed by atoms with Gasteiger partial charge in [-0.3, -0.25) is 4.79 Å². The number of nitrogens with two attached hydrogens (primary N) is 1. The van der Waals surface area contributed by atoms with Crippen LogP contribution in [-0.2, 0) is 14.8 Å². The second-order valence-electron chi connectivity index (χ2n) is 3.04. The van der Waals surface area contributed by atoms with E-state index in [2.05, 4.69) is 4.72 Å². The smallest absolute Gasteiger partial charge is 0.321 e. The van der Waals surface area contributed by atoms with Gasteiger partial charge in [0.1, 0.15) is 6.04 Å². The number of hydrogen-bond acceptors (Lipinski definition) is 4. The Hall–Kier alpha value is -0.660. The molecule has 0 heterocycles. The van der Waals surface area contributed by atoms with Crippen LogP contribution in [0.15, 0.2) is 0 Å². The molecule has 0 aromatic heterocycles. The third-order valence-corrected chi connectivity index (χ3v) is 3.70. The minimum atomic E-state index is -3.31. The molecule has 1 aliphatic carbocycles. The molecule has 13 heavy (non-hydrogen) atoms. The van der Waals surface area contributed by atoms with Gasteiger partial charge in [-0.2, -0.15) is 0 Å². The maximum absolute atomic E-state index is 11.2. The molecule has 0 bridgehead atoms. The third-order valence-electron chi connectivity index (χ3n) is 1.78. The van der Waals surface area contributed by atoms with Crippen molar-refractivity contribution in [3.8, 4) is 0 Å². The third kappa shape index (κ3) is 2.94. The summed E-state index contributed by atoms with van der Waals surface area (Å²) in [6.45, 7) is -0.242. The average Bonchev–Trinajstić information content (AvgIpc) is 2.81. The van der Waals surface area contributed by atoms with Crippen LogP contribution in [0, 0.1) is 0 Å². The summed E-state index contributed by atoms with van der Waals surface area (Å²) < 4.78 is 24.5. The lowest BCUT2D eigenvalue weighted by molar-refractivity contribution is -0.138. The molecule has 0 radical (unpaired) electrons. The maximum Gasteiger partial charge on any atom is 0.321 e. The monoisotopic (exact) mass is 208 g/mol. The van der Waals surface area contributed by atoms with Crippen LogP contribution in [0.5, 0.6) is 0 Å². The van der Waals surface area contributed by atoms with Gasteiger partial charge in [0.2, 0.25) is 10.0 Å². The number of aliphatic carboxylic acids is 1. The molecule has 0 aromatic carbocycles. The van der Waals surface area contributed by atoms with Gasteiger partial charge in [0, 0.05) is 6.54 Å². The first-order chi connectivity index (χ1) is 5.93. The van der Waals surface area contributed by atoms with Crippen LogP contribution in [0.25, 0.3) is 0 Å². The zero-order valence-electron chi connectivity index (χ0n) is 6.93. The summed E-state index contributed by atoms with van der Waals surface area (Å²) in [5.74, 6) is -1.21. The minimum Gasteiger partial charge on any atom is -0.480 e. The summed E-state index contributed by atoms with van der Waals surface area (Å²) in [5.41, 5.74) is 5.12. The standard InChI is InChI=1S/C6H12N2O4S/c7-5(6(9)10)3-8-13(11,12)4-1-2-4/h4-5,8H,1-3,7H2,(H,9,10). The van der Waals surface area contributed by atoms with Gasteiger partial charge in [-0.15, -0.1) is 0 Å². The van der Waals surface area contributed by atoms with Crippen molar-refractivity contribution >= 4 is 16.0 Å². The number of carbonyl (C=O) groups is 1. The van der Waals surface area contributed by atoms with Crippen LogP contribution in [-0.4, -0.2) is 37.3 Å². The van der Waals surface area contributed by atoms with Crippen LogP contribution in [0.4, 0.5) is 0 Å². The van der Waals surface area contributed by atoms with E-state index in [1.807, 2.05) is 0 Å². The molecule has 0 saturated heterocycles. The lowest BCUT2D eigenvalue weighted by atomic mass is 10.3. The number of carboxylic acids is 1. The van der Waals surface area contributed by atoms with E-state index in [0.29, 0.717) is 12.8 Å². The number of carboxylic acid groups (broad SMARTS) is 1. The van der Waals surface area contributed by atoms with Gasteiger partial charge >= 0.3 is 5.97 Å². The Morgan fingerprint density at radius 3 is 2.54 bits per heavy atom. The van der Waals surface area contributed by atoms with E-state index in [1.165, 1.54) is 0 Å². The molecular formula is C6H12N2O4S. The fourth-order valence-electron chi connectivity index (χ4n) is 0.789. The second-order valence-corrected chi connectivity index (χ2v) is 5.08. The first-order valence-corrected chi connectivity index (χ1v) is 5.45. The Bertz CT molecular complexity index is 296. The van der Waals surface area contributed by atoms with Gasteiger partial charge in [0.05, 0.1) is 5.25 Å². The van der Waals surface area contributed by atoms with Crippen molar-refractivity contribution in [1.29, 1.82) is 0 Å². The second kappa shape index (κ2) is 3.60. The molecule has 1 fully saturated rings. The molecule has 7 heteroatoms. The van der Waals surface area contributed by atoms with E-state index in [0.717, 1.165) is 0 Å². The molecule has 1 aliphatic rings. The van der Waals surface area contributed by atoms with Crippen LogP contribution in [0.3, 0.4) is 0 Å². The predicted octanol–water partition coefficient (Wildman–Crippen LogP) is -1.52. The highest BCUT2D eigenvalue weighted by Crippen LogP contribution is 2.27. The van der Waals surface area contributed by atoms with Crippen LogP contribution in [0.2, 0.25) is 0 Å². The quantitative estimate of drug-likeness (QED) is 0.508. The van der Waals surface area contributed by atoms with Crippen molar-refractivity contribution in [2.75, 3.05) is 6.54 Å². The van der Waals surface area contributed by atoms with Crippen molar-refractivity contribution in [3.05, 3.63) is 0 Å². The van der Waals surface area contributed by atoms with Crippen molar-refractivity contribution in [2.45, 2.75) is 24.1 Å². The van der Waals surface area contributed by atoms with Gasteiger partial charge in [-0.05, 0) is 12.8 Å². The highest BCUT2D eigenvalue weighted by molar-refractivity contribution is 7.90. The fourth-order valence-corrected chi connectivity index (χ4v) is 2.19. The highest BCUT2D eigenvalue weighted by Gasteiger charge is 2.35. The van der Waals surface area contributed by atoms with Gasteiger partial charge < -0.3 is 10.8 Å². The molecule has 1 unspecified atom stereocenters. The Morgan fingerprint density at radius 2 is 2.15 bits per heavy atom. The van der Waals surface area contributed by atoms with Crippen LogP contribution in [0.1, 0.15) is 12.8 Å². The van der Waals surface area contributed by atoms with Crippen molar-refractivity contribution in [3.63, 3.8) is 0 Å². The molecule has 76 valence electrons. The highest BCUT2D eigenvalue weighted by atomic mass is 32.2. The van der Waals surface area contributed by atoms with E-state index in [1.54, 1.807) is 0 Å². The van der Waals surface area contributed by atoms with Crippen LogP contribution < -0.4 is 10.5 Å². The zero-order valence-corrected chi connectivity index (χ0v) is 7.75. The number of sulfonamides is 1. The maximum atomic E-state index is 11.2. The predicted molar refractivity (Wildman–Crippen MR) is 45.6 cm³/mol. The lowest BCUT2D eigenvalue weighted by Crippen LogP contribution is -2.43. The number of rotatable bonds is 5. The fraction of sp³-hybridized carbons (Fsp3) is 0.833. The summed E-state index contributed by atoms with van der Waals surface area (Å²) >= 11 is 0. The van der Waals surface area contributed by atoms with E-state index in [-0.39, 0.29) is 11.8 Å². The van der Waals surface area contributed by atoms with E-state index in [9.17, 15) is 13.2 Å². The van der Waals surface area contributed by atoms with E-state index >= 15 is 0 Å². The normalized spacial score (nSPS) is 19.8. The number of hydrogen-bond donors (Lipinski definition) is 3. The largest absolute Gasteiger partial charge is 0.480 e. The molecule has 0 spiro atoms. The molecule has 0 aliphatic heterocycles. The van der Waals surface area contributed by atoms with Crippen molar-refractivity contribution in [1.82, 2.24) is 4.72 Å². The van der Waals surface area contributed by atoms with E-state index in [4.69, 9.17) is 10.8 Å². The van der Waals surface area contributed by atoms with Crippen LogP contribution >= 0.6 is 0 Å². The molecule has 0 aromatic rings. The van der Waals surface area contributed by atoms with Gasteiger partial charge in [0.25, 0.3) is 0 Å². The first kappa shape index (κ1) is 10.4. The molecule has 1 atom stereocenters. The molecule has 4 N–H and O–H groups in total. The van der Waals surface area contributed by atoms with Crippen molar-refractivity contribution < 1.29 is 18.3 Å². The Kier molecular flexibility index (Phi) is 2.89. The van der Waals surface area contributed by atoms with E-state index < -0.39 is 22.0 Å². The van der Waals surface area contributed by atoms with Gasteiger partial charge in [0.15, 0.2) is 0 Å². The summed E-state index contributed by atoms with van der Waals surface area (Å²) in [7, 11) is -3.31. The zero-order chi connectivity index (χ0) is 10.1. The minimum absolute atomic E-state index is 0.242.